The molecule has 0 bridgehead atoms. The summed E-state index contributed by atoms with van der Waals surface area (Å²) in [6.07, 6.45) is 0.315. The van der Waals surface area contributed by atoms with Gasteiger partial charge in [-0.25, -0.2) is 9.29 Å². The van der Waals surface area contributed by atoms with Crippen molar-refractivity contribution in [2.75, 3.05) is 18.6 Å². The monoisotopic (exact) mass is 480 g/mol. The van der Waals surface area contributed by atoms with E-state index in [2.05, 4.69) is 0 Å². The zero-order valence-corrected chi connectivity index (χ0v) is 19.2. The zero-order chi connectivity index (χ0) is 24.2. The van der Waals surface area contributed by atoms with Gasteiger partial charge in [0.2, 0.25) is 5.91 Å². The second-order valence-corrected chi connectivity index (χ2v) is 8.30. The minimum atomic E-state index is -0.973. The van der Waals surface area contributed by atoms with Crippen molar-refractivity contribution in [2.24, 2.45) is 0 Å². The molecule has 3 aromatic carbocycles. The molecule has 4 rings (SSSR count). The highest BCUT2D eigenvalue weighted by Crippen LogP contribution is 2.27. The normalized spacial score (nSPS) is 15.5. The number of carbonyl (C=O) groups is 3. The number of methoxy groups -OCH3 is 1. The first-order valence-corrected chi connectivity index (χ1v) is 11.1. The van der Waals surface area contributed by atoms with E-state index in [0.717, 1.165) is 10.5 Å². The number of amides is 3. The van der Waals surface area contributed by atoms with Crippen molar-refractivity contribution in [1.82, 2.24) is 4.90 Å². The fraction of sp³-hybridized carbons (Fsp3) is 0.192. The summed E-state index contributed by atoms with van der Waals surface area (Å²) in [6, 6.07) is 17.9. The Labute approximate surface area is 201 Å². The Hall–Kier alpha value is -3.71. The topological polar surface area (TPSA) is 66.9 Å². The largest absolute Gasteiger partial charge is 0.497 e. The molecular weight excluding hydrogens is 459 g/mol. The molecule has 3 aromatic rings. The van der Waals surface area contributed by atoms with E-state index in [1.807, 2.05) is 24.3 Å². The SMILES string of the molecule is COc1ccc(CCN(C(=O)c2ccc(Cl)cc2)[C@@H]2CC(=O)N(c3ccc(F)cc3)C2=O)cc1. The maximum absolute atomic E-state index is 13.4. The Balaban J connectivity index is 1.61. The zero-order valence-electron chi connectivity index (χ0n) is 18.4. The molecule has 1 aliphatic rings. The first kappa shape index (κ1) is 23.4. The lowest BCUT2D eigenvalue weighted by Gasteiger charge is -2.28. The second kappa shape index (κ2) is 10.1. The van der Waals surface area contributed by atoms with Gasteiger partial charge in [0, 0.05) is 17.1 Å². The van der Waals surface area contributed by atoms with Crippen molar-refractivity contribution in [1.29, 1.82) is 0 Å². The maximum Gasteiger partial charge on any atom is 0.257 e. The minimum absolute atomic E-state index is 0.155. The van der Waals surface area contributed by atoms with Crippen LogP contribution in [-0.4, -0.2) is 42.3 Å². The van der Waals surface area contributed by atoms with Crippen molar-refractivity contribution in [3.05, 3.63) is 94.8 Å². The van der Waals surface area contributed by atoms with Crippen LogP contribution < -0.4 is 9.64 Å². The molecule has 0 aromatic heterocycles. The molecule has 1 saturated heterocycles. The van der Waals surface area contributed by atoms with Gasteiger partial charge in [-0.1, -0.05) is 23.7 Å². The average Bonchev–Trinajstić information content (AvgIpc) is 3.14. The Bertz CT molecular complexity index is 1200. The standard InChI is InChI=1S/C26H22ClFN2O4/c1-34-22-12-2-17(3-13-22)14-15-29(25(32)18-4-6-19(27)7-5-18)23-16-24(31)30(26(23)33)21-10-8-20(28)9-11-21/h2-13,23H,14-16H2,1H3/t23-/m1/s1. The van der Waals surface area contributed by atoms with Crippen LogP contribution in [0.4, 0.5) is 10.1 Å². The summed E-state index contributed by atoms with van der Waals surface area (Å²) in [7, 11) is 1.58. The number of carbonyl (C=O) groups excluding carboxylic acids is 3. The first-order chi connectivity index (χ1) is 16.4. The molecule has 0 spiro atoms. The molecule has 0 unspecified atom stereocenters. The summed E-state index contributed by atoms with van der Waals surface area (Å²) in [4.78, 5) is 42.0. The number of benzene rings is 3. The highest BCUT2D eigenvalue weighted by molar-refractivity contribution is 6.30. The van der Waals surface area contributed by atoms with Gasteiger partial charge >= 0.3 is 0 Å². The van der Waals surface area contributed by atoms with Crippen LogP contribution in [0, 0.1) is 5.82 Å². The van der Waals surface area contributed by atoms with Gasteiger partial charge in [0.25, 0.3) is 11.8 Å². The van der Waals surface area contributed by atoms with Gasteiger partial charge in [-0.3, -0.25) is 14.4 Å². The Morgan fingerprint density at radius 2 is 1.68 bits per heavy atom. The molecule has 1 heterocycles. The highest BCUT2D eigenvalue weighted by atomic mass is 35.5. The molecular formula is C26H22ClFN2O4. The molecule has 0 N–H and O–H groups in total. The fourth-order valence-electron chi connectivity index (χ4n) is 3.92. The van der Waals surface area contributed by atoms with Gasteiger partial charge in [0.15, 0.2) is 0 Å². The van der Waals surface area contributed by atoms with Crippen LogP contribution in [0.15, 0.2) is 72.8 Å². The summed E-state index contributed by atoms with van der Waals surface area (Å²) < 4.78 is 18.5. The average molecular weight is 481 g/mol. The molecule has 0 aliphatic carbocycles. The van der Waals surface area contributed by atoms with E-state index in [9.17, 15) is 18.8 Å². The third kappa shape index (κ3) is 4.94. The van der Waals surface area contributed by atoms with Crippen LogP contribution in [0.25, 0.3) is 0 Å². The predicted molar refractivity (Wildman–Crippen MR) is 126 cm³/mol. The first-order valence-electron chi connectivity index (χ1n) is 10.7. The molecule has 3 amide bonds. The predicted octanol–water partition coefficient (Wildman–Crippen LogP) is 4.50. The minimum Gasteiger partial charge on any atom is -0.497 e. The van der Waals surface area contributed by atoms with Crippen molar-refractivity contribution in [2.45, 2.75) is 18.9 Å². The summed E-state index contributed by atoms with van der Waals surface area (Å²) in [5, 5.41) is 0.482. The molecule has 174 valence electrons. The van der Waals surface area contributed by atoms with E-state index in [4.69, 9.17) is 16.3 Å². The van der Waals surface area contributed by atoms with Crippen LogP contribution in [-0.2, 0) is 16.0 Å². The number of hydrogen-bond acceptors (Lipinski definition) is 4. The Morgan fingerprint density at radius 1 is 1.03 bits per heavy atom. The van der Waals surface area contributed by atoms with E-state index in [1.54, 1.807) is 31.4 Å². The number of rotatable bonds is 7. The molecule has 1 fully saturated rings. The van der Waals surface area contributed by atoms with Crippen LogP contribution in [0.3, 0.4) is 0 Å². The van der Waals surface area contributed by atoms with Gasteiger partial charge < -0.3 is 9.64 Å². The number of halogens is 2. The van der Waals surface area contributed by atoms with Gasteiger partial charge in [-0.2, -0.15) is 0 Å². The molecule has 34 heavy (non-hydrogen) atoms. The molecule has 6 nitrogen and oxygen atoms in total. The van der Waals surface area contributed by atoms with E-state index < -0.39 is 23.7 Å². The van der Waals surface area contributed by atoms with E-state index >= 15 is 0 Å². The summed E-state index contributed by atoms with van der Waals surface area (Å²) >= 11 is 5.96. The number of ether oxygens (including phenoxy) is 1. The van der Waals surface area contributed by atoms with Crippen molar-refractivity contribution >= 4 is 35.0 Å². The summed E-state index contributed by atoms with van der Waals surface area (Å²) in [5.74, 6) is -1.10. The second-order valence-electron chi connectivity index (χ2n) is 7.87. The third-order valence-electron chi connectivity index (χ3n) is 5.74. The molecule has 1 aliphatic heterocycles. The molecule has 1 atom stereocenters. The number of nitrogens with zero attached hydrogens (tertiary/aromatic N) is 2. The lowest BCUT2D eigenvalue weighted by molar-refractivity contribution is -0.122. The summed E-state index contributed by atoms with van der Waals surface area (Å²) in [6.45, 7) is 0.217. The van der Waals surface area contributed by atoms with Crippen LogP contribution in [0.5, 0.6) is 5.75 Å². The van der Waals surface area contributed by atoms with Gasteiger partial charge in [0.05, 0.1) is 19.2 Å². The number of imide groups is 1. The van der Waals surface area contributed by atoms with Gasteiger partial charge in [0.1, 0.15) is 17.6 Å². The van der Waals surface area contributed by atoms with Gasteiger partial charge in [-0.05, 0) is 72.6 Å². The van der Waals surface area contributed by atoms with Crippen LogP contribution in [0.2, 0.25) is 5.02 Å². The third-order valence-corrected chi connectivity index (χ3v) is 5.99. The van der Waals surface area contributed by atoms with E-state index in [-0.39, 0.29) is 24.6 Å². The smallest absolute Gasteiger partial charge is 0.257 e. The van der Waals surface area contributed by atoms with Crippen LogP contribution >= 0.6 is 11.6 Å². The summed E-state index contributed by atoms with van der Waals surface area (Å²) in [5.41, 5.74) is 1.58. The van der Waals surface area contributed by atoms with Crippen molar-refractivity contribution in [3.8, 4) is 5.75 Å². The Morgan fingerprint density at radius 3 is 2.29 bits per heavy atom. The fourth-order valence-corrected chi connectivity index (χ4v) is 4.05. The maximum atomic E-state index is 13.4. The number of hydrogen-bond donors (Lipinski definition) is 0. The molecule has 0 saturated carbocycles. The lowest BCUT2D eigenvalue weighted by Crippen LogP contribution is -2.46. The van der Waals surface area contributed by atoms with Gasteiger partial charge in [-0.15, -0.1) is 0 Å². The highest BCUT2D eigenvalue weighted by Gasteiger charge is 2.44. The van der Waals surface area contributed by atoms with E-state index in [0.29, 0.717) is 22.8 Å². The van der Waals surface area contributed by atoms with Crippen molar-refractivity contribution < 1.29 is 23.5 Å². The lowest BCUT2D eigenvalue weighted by atomic mass is 10.1. The van der Waals surface area contributed by atoms with Crippen LogP contribution in [0.1, 0.15) is 22.3 Å². The quantitative estimate of drug-likeness (QED) is 0.467. The molecule has 0 radical (unpaired) electrons. The number of anilines is 1. The van der Waals surface area contributed by atoms with Crippen molar-refractivity contribution in [3.63, 3.8) is 0 Å². The Kier molecular flexibility index (Phi) is 6.93. The molecule has 8 heteroatoms. The van der Waals surface area contributed by atoms with E-state index in [1.165, 1.54) is 29.2 Å².